The lowest BCUT2D eigenvalue weighted by atomic mass is 10.1. The lowest BCUT2D eigenvalue weighted by Crippen LogP contribution is -2.44. The molecule has 0 spiro atoms. The Morgan fingerprint density at radius 1 is 1.23 bits per heavy atom. The smallest absolute Gasteiger partial charge is 0.408 e. The molecule has 1 aliphatic rings. The van der Waals surface area contributed by atoms with Crippen molar-refractivity contribution in [2.24, 2.45) is 0 Å². The first-order valence-corrected chi connectivity index (χ1v) is 3.53. The Hall–Kier alpha value is -1.34. The van der Waals surface area contributed by atoms with E-state index in [-0.39, 0.29) is 6.54 Å². The minimum Gasteiger partial charge on any atom is -0.480 e. The molecule has 0 bridgehead atoms. The van der Waals surface area contributed by atoms with Gasteiger partial charge in [-0.05, 0) is 0 Å². The Morgan fingerprint density at radius 3 is 2.08 bits per heavy atom. The number of carboxylic acid groups (broad SMARTS) is 2. The van der Waals surface area contributed by atoms with Crippen LogP contribution in [0.25, 0.3) is 0 Å². The molecule has 7 nitrogen and oxygen atoms in total. The van der Waals surface area contributed by atoms with Crippen LogP contribution in [0.3, 0.4) is 0 Å². The third kappa shape index (κ3) is 1.56. The second kappa shape index (κ2) is 3.19. The highest BCUT2D eigenvalue weighted by Gasteiger charge is 2.46. The average Bonchev–Trinajstić information content (AvgIpc) is 2.28. The van der Waals surface area contributed by atoms with E-state index in [0.717, 1.165) is 0 Å². The molecule has 7 heteroatoms. The number of hydrogen-bond donors (Lipinski definition) is 4. The number of amides is 1. The fourth-order valence-electron chi connectivity index (χ4n) is 1.29. The molecule has 0 aromatic rings. The Morgan fingerprint density at radius 2 is 1.77 bits per heavy atom. The number of carboxylic acids is 1. The molecule has 13 heavy (non-hydrogen) atoms. The van der Waals surface area contributed by atoms with Gasteiger partial charge in [0.15, 0.2) is 6.04 Å². The lowest BCUT2D eigenvalue weighted by molar-refractivity contribution is -0.145. The Bertz CT molecular complexity index is 241. The second-order valence-corrected chi connectivity index (χ2v) is 2.78. The highest BCUT2D eigenvalue weighted by Crippen LogP contribution is 2.18. The fraction of sp³-hybridized carbons (Fsp3) is 0.667. The molecule has 1 fully saturated rings. The van der Waals surface area contributed by atoms with Crippen LogP contribution in [0.15, 0.2) is 0 Å². The van der Waals surface area contributed by atoms with Crippen molar-refractivity contribution < 1.29 is 30.0 Å². The fourth-order valence-corrected chi connectivity index (χ4v) is 1.29. The molecule has 1 amide bonds. The second-order valence-electron chi connectivity index (χ2n) is 2.78. The van der Waals surface area contributed by atoms with Crippen molar-refractivity contribution in [1.82, 2.24) is 4.90 Å². The van der Waals surface area contributed by atoms with Gasteiger partial charge in [0.25, 0.3) is 0 Å². The van der Waals surface area contributed by atoms with E-state index >= 15 is 0 Å². The third-order valence-electron chi connectivity index (χ3n) is 1.94. The summed E-state index contributed by atoms with van der Waals surface area (Å²) >= 11 is 0. The summed E-state index contributed by atoms with van der Waals surface area (Å²) in [5, 5.41) is 35.2. The van der Waals surface area contributed by atoms with Crippen molar-refractivity contribution in [3.8, 4) is 0 Å². The number of β-amino-alcohol motifs (C(OH)–C–C–N with tert-alkyl or cyclic N) is 1. The topological polar surface area (TPSA) is 118 Å². The highest BCUT2D eigenvalue weighted by atomic mass is 16.4. The van der Waals surface area contributed by atoms with Crippen LogP contribution >= 0.6 is 0 Å². The van der Waals surface area contributed by atoms with Gasteiger partial charge in [-0.1, -0.05) is 0 Å². The maximum absolute atomic E-state index is 10.5. The van der Waals surface area contributed by atoms with E-state index in [1.165, 1.54) is 0 Å². The SMILES string of the molecule is O=C(O)[C@@H]1[C@@H](O)[C@@H](O)CN1C(=O)O. The largest absolute Gasteiger partial charge is 0.480 e. The monoisotopic (exact) mass is 191 g/mol. The molecule has 74 valence electrons. The van der Waals surface area contributed by atoms with E-state index < -0.39 is 30.3 Å². The maximum Gasteiger partial charge on any atom is 0.408 e. The molecule has 0 aromatic carbocycles. The van der Waals surface area contributed by atoms with Crippen molar-refractivity contribution in [2.75, 3.05) is 6.54 Å². The predicted octanol–water partition coefficient (Wildman–Crippen LogP) is -1.84. The zero-order valence-electron chi connectivity index (χ0n) is 6.49. The van der Waals surface area contributed by atoms with E-state index in [9.17, 15) is 9.59 Å². The molecule has 1 aliphatic heterocycles. The van der Waals surface area contributed by atoms with Crippen LogP contribution in [0.4, 0.5) is 4.79 Å². The van der Waals surface area contributed by atoms with Crippen LogP contribution in [0.2, 0.25) is 0 Å². The van der Waals surface area contributed by atoms with Crippen molar-refractivity contribution in [1.29, 1.82) is 0 Å². The van der Waals surface area contributed by atoms with Gasteiger partial charge in [0.1, 0.15) is 12.2 Å². The molecule has 4 N–H and O–H groups in total. The number of hydrogen-bond acceptors (Lipinski definition) is 4. The van der Waals surface area contributed by atoms with E-state index in [4.69, 9.17) is 20.4 Å². The predicted molar refractivity (Wildman–Crippen MR) is 38.2 cm³/mol. The van der Waals surface area contributed by atoms with Crippen LogP contribution in [0, 0.1) is 0 Å². The van der Waals surface area contributed by atoms with E-state index in [2.05, 4.69) is 0 Å². The van der Waals surface area contributed by atoms with Gasteiger partial charge in [-0.3, -0.25) is 4.90 Å². The van der Waals surface area contributed by atoms with Gasteiger partial charge in [0.05, 0.1) is 6.54 Å². The number of likely N-dealkylation sites (tertiary alicyclic amines) is 1. The number of carbonyl (C=O) groups is 2. The summed E-state index contributed by atoms with van der Waals surface area (Å²) in [7, 11) is 0. The minimum atomic E-state index is -1.58. The summed E-state index contributed by atoms with van der Waals surface area (Å²) in [5.41, 5.74) is 0. The van der Waals surface area contributed by atoms with Crippen LogP contribution in [0.1, 0.15) is 0 Å². The summed E-state index contributed by atoms with van der Waals surface area (Å²) in [6.45, 7) is -0.381. The van der Waals surface area contributed by atoms with Crippen LogP contribution in [-0.4, -0.2) is 62.2 Å². The van der Waals surface area contributed by atoms with Crippen molar-refractivity contribution in [3.05, 3.63) is 0 Å². The number of aliphatic hydroxyl groups is 2. The number of rotatable bonds is 1. The molecule has 0 saturated carbocycles. The molecule has 0 aromatic heterocycles. The highest BCUT2D eigenvalue weighted by molar-refractivity contribution is 5.81. The Kier molecular flexibility index (Phi) is 2.39. The molecule has 1 saturated heterocycles. The van der Waals surface area contributed by atoms with Gasteiger partial charge in [-0.15, -0.1) is 0 Å². The molecular weight excluding hydrogens is 182 g/mol. The van der Waals surface area contributed by atoms with Gasteiger partial charge in [-0.25, -0.2) is 9.59 Å². The number of aliphatic hydroxyl groups excluding tert-OH is 2. The Labute approximate surface area is 72.8 Å². The third-order valence-corrected chi connectivity index (χ3v) is 1.94. The van der Waals surface area contributed by atoms with Crippen LogP contribution in [-0.2, 0) is 4.79 Å². The van der Waals surface area contributed by atoms with Crippen molar-refractivity contribution in [2.45, 2.75) is 18.2 Å². The minimum absolute atomic E-state index is 0.381. The van der Waals surface area contributed by atoms with Gasteiger partial charge in [0.2, 0.25) is 0 Å². The first-order chi connectivity index (χ1) is 5.95. The standard InChI is InChI=1S/C6H9NO6/c8-2-1-7(6(12)13)3(4(2)9)5(10)11/h2-4,8-9H,1H2,(H,10,11)(H,12,13)/t2-,3-,4-/m0/s1. The number of nitrogens with zero attached hydrogens (tertiary/aromatic N) is 1. The zero-order valence-corrected chi connectivity index (χ0v) is 6.49. The summed E-state index contributed by atoms with van der Waals surface area (Å²) < 4.78 is 0. The first-order valence-electron chi connectivity index (χ1n) is 3.53. The molecule has 0 unspecified atom stereocenters. The number of aliphatic carboxylic acids is 1. The molecule has 3 atom stereocenters. The van der Waals surface area contributed by atoms with Gasteiger partial charge in [0, 0.05) is 0 Å². The summed E-state index contributed by atoms with van der Waals surface area (Å²) in [6, 6.07) is -1.58. The van der Waals surface area contributed by atoms with Crippen molar-refractivity contribution >= 4 is 12.1 Å². The van der Waals surface area contributed by atoms with E-state index in [1.807, 2.05) is 0 Å². The molecule has 0 radical (unpaired) electrons. The summed E-state index contributed by atoms with van der Waals surface area (Å²) in [4.78, 5) is 21.4. The van der Waals surface area contributed by atoms with Crippen molar-refractivity contribution in [3.63, 3.8) is 0 Å². The summed E-state index contributed by atoms with van der Waals surface area (Å²) in [5.74, 6) is -1.47. The van der Waals surface area contributed by atoms with Crippen LogP contribution in [0.5, 0.6) is 0 Å². The van der Waals surface area contributed by atoms with Gasteiger partial charge >= 0.3 is 12.1 Å². The zero-order chi connectivity index (χ0) is 10.2. The van der Waals surface area contributed by atoms with Gasteiger partial charge in [-0.2, -0.15) is 0 Å². The molecular formula is C6H9NO6. The van der Waals surface area contributed by atoms with Gasteiger partial charge < -0.3 is 20.4 Å². The molecule has 1 rings (SSSR count). The lowest BCUT2D eigenvalue weighted by Gasteiger charge is -2.18. The quantitative estimate of drug-likeness (QED) is 0.386. The maximum atomic E-state index is 10.5. The molecule has 1 heterocycles. The summed E-state index contributed by atoms with van der Waals surface area (Å²) in [6.07, 6.45) is -4.37. The molecule has 0 aliphatic carbocycles. The first kappa shape index (κ1) is 9.75. The average molecular weight is 191 g/mol. The normalized spacial score (nSPS) is 33.4. The van der Waals surface area contributed by atoms with E-state index in [1.54, 1.807) is 0 Å². The van der Waals surface area contributed by atoms with Crippen LogP contribution < -0.4 is 0 Å². The van der Waals surface area contributed by atoms with E-state index in [0.29, 0.717) is 4.90 Å². The Balaban J connectivity index is 2.86.